The van der Waals surface area contributed by atoms with E-state index in [1.165, 1.54) is 28.6 Å². The number of aryl methyl sites for hydroxylation is 1. The van der Waals surface area contributed by atoms with Crippen LogP contribution >= 0.6 is 23.1 Å². The molecule has 1 aliphatic rings. The topological polar surface area (TPSA) is 24.9 Å². The zero-order valence-electron chi connectivity index (χ0n) is 8.45. The fourth-order valence-corrected chi connectivity index (χ4v) is 3.53. The standard InChI is InChI=1S/C10H16N2S2/c1-2-8-7-14-10(12-8)5-11-9-3-4-13-6-9/h7,9,11H,2-6H2,1H3. The minimum Gasteiger partial charge on any atom is -0.307 e. The van der Waals surface area contributed by atoms with E-state index in [9.17, 15) is 0 Å². The van der Waals surface area contributed by atoms with Crippen molar-refractivity contribution in [1.82, 2.24) is 10.3 Å². The molecule has 2 heterocycles. The highest BCUT2D eigenvalue weighted by molar-refractivity contribution is 7.99. The molecule has 0 radical (unpaired) electrons. The second-order valence-corrected chi connectivity index (χ2v) is 5.62. The van der Waals surface area contributed by atoms with Crippen LogP contribution in [0.4, 0.5) is 0 Å². The molecule has 1 aromatic rings. The van der Waals surface area contributed by atoms with Gasteiger partial charge in [-0.3, -0.25) is 0 Å². The minimum atomic E-state index is 0.717. The molecule has 2 rings (SSSR count). The van der Waals surface area contributed by atoms with E-state index in [-0.39, 0.29) is 0 Å². The lowest BCUT2D eigenvalue weighted by molar-refractivity contribution is 0.556. The van der Waals surface area contributed by atoms with Crippen LogP contribution in [0.5, 0.6) is 0 Å². The monoisotopic (exact) mass is 228 g/mol. The SMILES string of the molecule is CCc1csc(CNC2CCSC2)n1. The Morgan fingerprint density at radius 3 is 3.21 bits per heavy atom. The molecular weight excluding hydrogens is 212 g/mol. The smallest absolute Gasteiger partial charge is 0.107 e. The van der Waals surface area contributed by atoms with E-state index >= 15 is 0 Å². The van der Waals surface area contributed by atoms with Gasteiger partial charge in [0.05, 0.1) is 5.69 Å². The molecule has 1 fully saturated rings. The molecule has 1 aromatic heterocycles. The first-order valence-corrected chi connectivity index (χ1v) is 7.16. The van der Waals surface area contributed by atoms with Gasteiger partial charge in [0.15, 0.2) is 0 Å². The van der Waals surface area contributed by atoms with Gasteiger partial charge >= 0.3 is 0 Å². The Morgan fingerprint density at radius 1 is 1.64 bits per heavy atom. The van der Waals surface area contributed by atoms with Gasteiger partial charge in [0.25, 0.3) is 0 Å². The van der Waals surface area contributed by atoms with Crippen molar-refractivity contribution in [1.29, 1.82) is 0 Å². The van der Waals surface area contributed by atoms with E-state index in [2.05, 4.69) is 22.6 Å². The number of hydrogen-bond donors (Lipinski definition) is 1. The van der Waals surface area contributed by atoms with Gasteiger partial charge in [0.2, 0.25) is 0 Å². The van der Waals surface area contributed by atoms with Crippen molar-refractivity contribution in [2.75, 3.05) is 11.5 Å². The van der Waals surface area contributed by atoms with Gasteiger partial charge < -0.3 is 5.32 Å². The first-order chi connectivity index (χ1) is 6.88. The molecule has 1 aliphatic heterocycles. The molecule has 1 atom stereocenters. The summed E-state index contributed by atoms with van der Waals surface area (Å²) in [7, 11) is 0. The van der Waals surface area contributed by atoms with Gasteiger partial charge in [0.1, 0.15) is 5.01 Å². The van der Waals surface area contributed by atoms with Crippen LogP contribution in [0.1, 0.15) is 24.0 Å². The maximum Gasteiger partial charge on any atom is 0.107 e. The van der Waals surface area contributed by atoms with Crippen molar-refractivity contribution in [2.24, 2.45) is 0 Å². The quantitative estimate of drug-likeness (QED) is 0.856. The number of nitrogens with one attached hydrogen (secondary N) is 1. The van der Waals surface area contributed by atoms with E-state index in [0.717, 1.165) is 13.0 Å². The number of rotatable bonds is 4. The fraction of sp³-hybridized carbons (Fsp3) is 0.700. The molecule has 14 heavy (non-hydrogen) atoms. The predicted molar refractivity (Wildman–Crippen MR) is 64.1 cm³/mol. The van der Waals surface area contributed by atoms with Crippen LogP contribution in [0.3, 0.4) is 0 Å². The zero-order chi connectivity index (χ0) is 9.80. The van der Waals surface area contributed by atoms with Crippen LogP contribution in [-0.4, -0.2) is 22.5 Å². The molecule has 0 bridgehead atoms. The summed E-state index contributed by atoms with van der Waals surface area (Å²) in [5.41, 5.74) is 1.23. The first-order valence-electron chi connectivity index (χ1n) is 5.13. The van der Waals surface area contributed by atoms with E-state index in [4.69, 9.17) is 0 Å². The number of aromatic nitrogens is 1. The van der Waals surface area contributed by atoms with E-state index < -0.39 is 0 Å². The molecule has 78 valence electrons. The molecule has 0 spiro atoms. The third-order valence-corrected chi connectivity index (χ3v) is 4.49. The first kappa shape index (κ1) is 10.5. The summed E-state index contributed by atoms with van der Waals surface area (Å²) in [5.74, 6) is 2.59. The maximum atomic E-state index is 4.54. The average molecular weight is 228 g/mol. The zero-order valence-corrected chi connectivity index (χ0v) is 10.1. The van der Waals surface area contributed by atoms with Gasteiger partial charge in [-0.25, -0.2) is 4.98 Å². The molecule has 0 aromatic carbocycles. The van der Waals surface area contributed by atoms with Crippen molar-refractivity contribution >= 4 is 23.1 Å². The summed E-state index contributed by atoms with van der Waals surface area (Å²) in [6.07, 6.45) is 2.37. The van der Waals surface area contributed by atoms with Crippen molar-refractivity contribution in [2.45, 2.75) is 32.4 Å². The number of thiazole rings is 1. The summed E-state index contributed by atoms with van der Waals surface area (Å²) in [5, 5.41) is 6.96. The van der Waals surface area contributed by atoms with Crippen molar-refractivity contribution < 1.29 is 0 Å². The average Bonchev–Trinajstić information content (AvgIpc) is 2.86. The number of nitrogens with zero attached hydrogens (tertiary/aromatic N) is 1. The van der Waals surface area contributed by atoms with Crippen LogP contribution in [0.15, 0.2) is 5.38 Å². The molecule has 1 saturated heterocycles. The lowest BCUT2D eigenvalue weighted by Gasteiger charge is -2.08. The molecule has 0 saturated carbocycles. The van der Waals surface area contributed by atoms with E-state index in [1.54, 1.807) is 11.3 Å². The molecular formula is C10H16N2S2. The predicted octanol–water partition coefficient (Wildman–Crippen LogP) is 2.30. The lowest BCUT2D eigenvalue weighted by Crippen LogP contribution is -2.27. The lowest BCUT2D eigenvalue weighted by atomic mass is 10.3. The van der Waals surface area contributed by atoms with Crippen LogP contribution in [0.25, 0.3) is 0 Å². The van der Waals surface area contributed by atoms with Crippen LogP contribution in [-0.2, 0) is 13.0 Å². The molecule has 0 amide bonds. The van der Waals surface area contributed by atoms with Gasteiger partial charge in [-0.05, 0) is 18.6 Å². The second kappa shape index (κ2) is 5.14. The summed E-state index contributed by atoms with van der Waals surface area (Å²) < 4.78 is 0. The Kier molecular flexibility index (Phi) is 3.84. The minimum absolute atomic E-state index is 0.717. The number of hydrogen-bond acceptors (Lipinski definition) is 4. The van der Waals surface area contributed by atoms with Crippen molar-refractivity contribution in [3.8, 4) is 0 Å². The Bertz CT molecular complexity index is 279. The highest BCUT2D eigenvalue weighted by atomic mass is 32.2. The van der Waals surface area contributed by atoms with E-state index in [1.807, 2.05) is 11.8 Å². The summed E-state index contributed by atoms with van der Waals surface area (Å²) >= 11 is 3.82. The summed E-state index contributed by atoms with van der Waals surface area (Å²) in [6.45, 7) is 3.11. The van der Waals surface area contributed by atoms with Gasteiger partial charge in [-0.2, -0.15) is 11.8 Å². The summed E-state index contributed by atoms with van der Waals surface area (Å²) in [6, 6.07) is 0.717. The highest BCUT2D eigenvalue weighted by Gasteiger charge is 2.14. The van der Waals surface area contributed by atoms with Crippen molar-refractivity contribution in [3.63, 3.8) is 0 Å². The van der Waals surface area contributed by atoms with Gasteiger partial charge in [0, 0.05) is 23.7 Å². The fourth-order valence-electron chi connectivity index (χ4n) is 1.52. The molecule has 4 heteroatoms. The van der Waals surface area contributed by atoms with Gasteiger partial charge in [-0.1, -0.05) is 6.92 Å². The maximum absolute atomic E-state index is 4.54. The third kappa shape index (κ3) is 2.72. The Morgan fingerprint density at radius 2 is 2.57 bits per heavy atom. The van der Waals surface area contributed by atoms with E-state index in [0.29, 0.717) is 6.04 Å². The molecule has 0 aliphatic carbocycles. The van der Waals surface area contributed by atoms with Crippen LogP contribution < -0.4 is 5.32 Å². The molecule has 1 N–H and O–H groups in total. The molecule has 2 nitrogen and oxygen atoms in total. The highest BCUT2D eigenvalue weighted by Crippen LogP contribution is 2.18. The Balaban J connectivity index is 1.79. The molecule has 1 unspecified atom stereocenters. The normalized spacial score (nSPS) is 21.6. The number of thioether (sulfide) groups is 1. The Labute approximate surface area is 93.5 Å². The summed E-state index contributed by atoms with van der Waals surface area (Å²) in [4.78, 5) is 4.54. The Hall–Kier alpha value is -0.0600. The largest absolute Gasteiger partial charge is 0.307 e. The second-order valence-electron chi connectivity index (χ2n) is 3.53. The van der Waals surface area contributed by atoms with Crippen LogP contribution in [0, 0.1) is 0 Å². The van der Waals surface area contributed by atoms with Gasteiger partial charge in [-0.15, -0.1) is 11.3 Å². The van der Waals surface area contributed by atoms with Crippen molar-refractivity contribution in [3.05, 3.63) is 16.1 Å². The van der Waals surface area contributed by atoms with Crippen LogP contribution in [0.2, 0.25) is 0 Å². The third-order valence-electron chi connectivity index (χ3n) is 2.43.